The molecule has 3 nitrogen and oxygen atoms in total. The number of alkyl halides is 3. The van der Waals surface area contributed by atoms with Crippen LogP contribution in [0.15, 0.2) is 18.2 Å². The molecule has 0 spiro atoms. The quantitative estimate of drug-likeness (QED) is 0.774. The summed E-state index contributed by atoms with van der Waals surface area (Å²) in [5.41, 5.74) is 4.97. The van der Waals surface area contributed by atoms with Crippen LogP contribution < -0.4 is 10.6 Å². The minimum Gasteiger partial charge on any atom is -0.399 e. The van der Waals surface area contributed by atoms with Crippen molar-refractivity contribution in [2.45, 2.75) is 25.6 Å². The summed E-state index contributed by atoms with van der Waals surface area (Å²) in [5, 5.41) is 9.65. The number of rotatable bonds is 1. The van der Waals surface area contributed by atoms with E-state index in [4.69, 9.17) is 5.73 Å². The minimum absolute atomic E-state index is 0.0487. The summed E-state index contributed by atoms with van der Waals surface area (Å²) in [6.45, 7) is 2.66. The number of aliphatic hydroxyl groups is 1. The first kappa shape index (κ1) is 14.0. The summed E-state index contributed by atoms with van der Waals surface area (Å²) in [4.78, 5) is 1.67. The van der Waals surface area contributed by atoms with Crippen LogP contribution in [0.5, 0.6) is 0 Å². The van der Waals surface area contributed by atoms with Gasteiger partial charge in [-0.25, -0.2) is 0 Å². The molecule has 0 bridgehead atoms. The molecule has 0 radical (unpaired) electrons. The van der Waals surface area contributed by atoms with Gasteiger partial charge in [-0.05, 0) is 30.5 Å². The van der Waals surface area contributed by atoms with E-state index >= 15 is 0 Å². The minimum atomic E-state index is -4.43. The molecule has 2 atom stereocenters. The van der Waals surface area contributed by atoms with E-state index in [-0.39, 0.29) is 17.3 Å². The van der Waals surface area contributed by atoms with Gasteiger partial charge in [-0.1, -0.05) is 6.92 Å². The lowest BCUT2D eigenvalue weighted by atomic mass is 9.95. The maximum absolute atomic E-state index is 13.0. The summed E-state index contributed by atoms with van der Waals surface area (Å²) in [5.74, 6) is -0.0487. The van der Waals surface area contributed by atoms with Crippen LogP contribution in [0.4, 0.5) is 24.5 Å². The van der Waals surface area contributed by atoms with Gasteiger partial charge in [0.05, 0.1) is 11.7 Å². The van der Waals surface area contributed by atoms with Crippen molar-refractivity contribution in [3.05, 3.63) is 23.8 Å². The van der Waals surface area contributed by atoms with Gasteiger partial charge in [0.15, 0.2) is 0 Å². The zero-order valence-electron chi connectivity index (χ0n) is 10.6. The van der Waals surface area contributed by atoms with Crippen molar-refractivity contribution in [1.29, 1.82) is 0 Å². The van der Waals surface area contributed by atoms with Gasteiger partial charge in [-0.2, -0.15) is 13.2 Å². The van der Waals surface area contributed by atoms with E-state index in [0.717, 1.165) is 6.07 Å². The van der Waals surface area contributed by atoms with Crippen molar-refractivity contribution in [3.8, 4) is 0 Å². The lowest BCUT2D eigenvalue weighted by Gasteiger charge is -2.37. The van der Waals surface area contributed by atoms with Gasteiger partial charge in [0.1, 0.15) is 0 Å². The Balaban J connectivity index is 2.34. The highest BCUT2D eigenvalue weighted by atomic mass is 19.4. The molecule has 1 aromatic carbocycles. The fraction of sp³-hybridized carbons (Fsp3) is 0.538. The molecule has 0 aliphatic carbocycles. The maximum Gasteiger partial charge on any atom is 0.418 e. The van der Waals surface area contributed by atoms with Gasteiger partial charge in [0.25, 0.3) is 0 Å². The van der Waals surface area contributed by atoms with Crippen molar-refractivity contribution in [3.63, 3.8) is 0 Å². The van der Waals surface area contributed by atoms with Crippen LogP contribution in [-0.4, -0.2) is 24.3 Å². The Bertz CT molecular complexity index is 462. The average molecular weight is 274 g/mol. The Morgan fingerprint density at radius 2 is 2.05 bits per heavy atom. The lowest BCUT2D eigenvalue weighted by Crippen LogP contribution is -2.42. The average Bonchev–Trinajstić information content (AvgIpc) is 2.32. The van der Waals surface area contributed by atoms with Gasteiger partial charge >= 0.3 is 6.18 Å². The van der Waals surface area contributed by atoms with Gasteiger partial charge in [0.2, 0.25) is 0 Å². The number of hydrogen-bond acceptors (Lipinski definition) is 3. The van der Waals surface area contributed by atoms with Crippen molar-refractivity contribution in [1.82, 2.24) is 0 Å². The molecule has 1 aromatic rings. The fourth-order valence-electron chi connectivity index (χ4n) is 2.41. The van der Waals surface area contributed by atoms with Crippen LogP contribution in [0.3, 0.4) is 0 Å². The number of benzene rings is 1. The molecule has 106 valence electrons. The smallest absolute Gasteiger partial charge is 0.399 e. The second-order valence-corrected chi connectivity index (χ2v) is 5.05. The van der Waals surface area contributed by atoms with E-state index < -0.39 is 17.8 Å². The number of nitrogens with zero attached hydrogens (tertiary/aromatic N) is 1. The predicted molar refractivity (Wildman–Crippen MR) is 67.9 cm³/mol. The Morgan fingerprint density at radius 1 is 1.37 bits per heavy atom. The molecule has 1 fully saturated rings. The van der Waals surface area contributed by atoms with Gasteiger partial charge in [0, 0.05) is 24.5 Å². The summed E-state index contributed by atoms with van der Waals surface area (Å²) >= 11 is 0. The molecule has 1 aliphatic rings. The Kier molecular flexibility index (Phi) is 3.62. The molecular weight excluding hydrogens is 257 g/mol. The summed E-state index contributed by atoms with van der Waals surface area (Å²) in [7, 11) is 0. The highest BCUT2D eigenvalue weighted by molar-refractivity contribution is 5.61. The Labute approximate surface area is 109 Å². The van der Waals surface area contributed by atoms with Crippen LogP contribution in [0, 0.1) is 5.92 Å². The number of aliphatic hydroxyl groups excluding tert-OH is 1. The summed E-state index contributed by atoms with van der Waals surface area (Å²) in [6.07, 6.45) is -4.40. The third-order valence-electron chi connectivity index (χ3n) is 3.53. The van der Waals surface area contributed by atoms with Crippen LogP contribution >= 0.6 is 0 Å². The third-order valence-corrected chi connectivity index (χ3v) is 3.53. The van der Waals surface area contributed by atoms with E-state index in [1.165, 1.54) is 12.1 Å². The summed E-state index contributed by atoms with van der Waals surface area (Å²) in [6, 6.07) is 3.84. The van der Waals surface area contributed by atoms with Crippen LogP contribution in [0.25, 0.3) is 0 Å². The van der Waals surface area contributed by atoms with Crippen molar-refractivity contribution < 1.29 is 18.3 Å². The van der Waals surface area contributed by atoms with Gasteiger partial charge < -0.3 is 15.7 Å². The molecule has 1 heterocycles. The van der Waals surface area contributed by atoms with E-state index in [9.17, 15) is 18.3 Å². The predicted octanol–water partition coefficient (Wildman–Crippen LogP) is 2.49. The highest BCUT2D eigenvalue weighted by Crippen LogP contribution is 2.39. The summed E-state index contributed by atoms with van der Waals surface area (Å²) < 4.78 is 39.1. The molecule has 1 saturated heterocycles. The SMILES string of the molecule is CC1CN(c2ccc(N)cc2C(F)(F)F)CCC1O. The zero-order valence-corrected chi connectivity index (χ0v) is 10.6. The molecule has 3 N–H and O–H groups in total. The van der Waals surface area contributed by atoms with Gasteiger partial charge in [-0.15, -0.1) is 0 Å². The van der Waals surface area contributed by atoms with E-state index in [2.05, 4.69) is 0 Å². The Morgan fingerprint density at radius 3 is 2.63 bits per heavy atom. The first-order valence-corrected chi connectivity index (χ1v) is 6.19. The first-order chi connectivity index (χ1) is 8.79. The molecular formula is C13H17F3N2O. The second-order valence-electron chi connectivity index (χ2n) is 5.05. The topological polar surface area (TPSA) is 49.5 Å². The molecule has 1 aliphatic heterocycles. The molecule has 2 unspecified atom stereocenters. The third kappa shape index (κ3) is 2.94. The molecule has 2 rings (SSSR count). The molecule has 0 amide bonds. The number of nitrogen functional groups attached to an aromatic ring is 1. The number of halogens is 3. The van der Waals surface area contributed by atoms with E-state index in [1.807, 2.05) is 6.92 Å². The number of hydrogen-bond donors (Lipinski definition) is 2. The highest BCUT2D eigenvalue weighted by Gasteiger charge is 2.36. The van der Waals surface area contributed by atoms with Crippen molar-refractivity contribution in [2.75, 3.05) is 23.7 Å². The van der Waals surface area contributed by atoms with Crippen LogP contribution in [0.1, 0.15) is 18.9 Å². The monoisotopic (exact) mass is 274 g/mol. The van der Waals surface area contributed by atoms with Gasteiger partial charge in [-0.3, -0.25) is 0 Å². The molecule has 0 aromatic heterocycles. The largest absolute Gasteiger partial charge is 0.418 e. The zero-order chi connectivity index (χ0) is 14.2. The number of piperidine rings is 1. The van der Waals surface area contributed by atoms with Crippen molar-refractivity contribution in [2.24, 2.45) is 5.92 Å². The van der Waals surface area contributed by atoms with Crippen LogP contribution in [0.2, 0.25) is 0 Å². The first-order valence-electron chi connectivity index (χ1n) is 6.19. The van der Waals surface area contributed by atoms with E-state index in [0.29, 0.717) is 19.5 Å². The van der Waals surface area contributed by atoms with Crippen LogP contribution in [-0.2, 0) is 6.18 Å². The fourth-order valence-corrected chi connectivity index (χ4v) is 2.41. The number of nitrogens with two attached hydrogens (primary N) is 1. The molecule has 0 saturated carbocycles. The van der Waals surface area contributed by atoms with E-state index in [1.54, 1.807) is 4.90 Å². The lowest BCUT2D eigenvalue weighted by molar-refractivity contribution is -0.137. The maximum atomic E-state index is 13.0. The normalized spacial score (nSPS) is 24.6. The molecule has 6 heteroatoms. The Hall–Kier alpha value is -1.43. The second kappa shape index (κ2) is 4.92. The van der Waals surface area contributed by atoms with Crippen molar-refractivity contribution >= 4 is 11.4 Å². The number of anilines is 2. The molecule has 19 heavy (non-hydrogen) atoms. The standard InChI is InChI=1S/C13H17F3N2O/c1-8-7-18(5-4-12(8)19)11-3-2-9(17)6-10(11)13(14,15)16/h2-3,6,8,12,19H,4-5,7,17H2,1H3.